The molecule has 0 heterocycles. The smallest absolute Gasteiger partial charge is 0.160 e. The summed E-state index contributed by atoms with van der Waals surface area (Å²) in [7, 11) is 1.66. The van der Waals surface area contributed by atoms with Crippen molar-refractivity contribution in [1.29, 1.82) is 0 Å². The minimum absolute atomic E-state index is 0.460. The molecule has 1 aromatic carbocycles. The van der Waals surface area contributed by atoms with Crippen molar-refractivity contribution >= 4 is 11.6 Å². The van der Waals surface area contributed by atoms with E-state index in [0.29, 0.717) is 12.5 Å². The Labute approximate surface area is 113 Å². The van der Waals surface area contributed by atoms with Gasteiger partial charge in [-0.25, -0.2) is 0 Å². The van der Waals surface area contributed by atoms with Gasteiger partial charge < -0.3 is 9.47 Å². The van der Waals surface area contributed by atoms with Gasteiger partial charge in [0, 0.05) is 12.0 Å². The standard InChI is InChI=1S/C15H17ClO2/c1-17-15-13(10-16)8-5-9-14(15)18-11-12-6-3-2-4-7-12/h2-4,6-8H,5,9-11H2,1H3. The van der Waals surface area contributed by atoms with Crippen LogP contribution in [0.25, 0.3) is 0 Å². The van der Waals surface area contributed by atoms with Crippen LogP contribution in [0, 0.1) is 0 Å². The highest BCUT2D eigenvalue weighted by Gasteiger charge is 2.17. The van der Waals surface area contributed by atoms with E-state index < -0.39 is 0 Å². The van der Waals surface area contributed by atoms with Crippen LogP contribution in [0.1, 0.15) is 18.4 Å². The van der Waals surface area contributed by atoms with Crippen molar-refractivity contribution in [2.24, 2.45) is 0 Å². The highest BCUT2D eigenvalue weighted by molar-refractivity contribution is 6.19. The molecule has 1 aromatic rings. The summed E-state index contributed by atoms with van der Waals surface area (Å²) >= 11 is 5.90. The zero-order chi connectivity index (χ0) is 12.8. The normalized spacial score (nSPS) is 15.3. The first kappa shape index (κ1) is 13.0. The van der Waals surface area contributed by atoms with Crippen LogP contribution in [0.3, 0.4) is 0 Å². The number of hydrogen-bond donors (Lipinski definition) is 0. The Morgan fingerprint density at radius 3 is 2.67 bits per heavy atom. The van der Waals surface area contributed by atoms with Gasteiger partial charge in [0.25, 0.3) is 0 Å². The van der Waals surface area contributed by atoms with E-state index >= 15 is 0 Å². The van der Waals surface area contributed by atoms with Crippen LogP contribution in [0.4, 0.5) is 0 Å². The third kappa shape index (κ3) is 3.08. The van der Waals surface area contributed by atoms with Gasteiger partial charge in [0.1, 0.15) is 12.4 Å². The monoisotopic (exact) mass is 264 g/mol. The molecule has 3 heteroatoms. The van der Waals surface area contributed by atoms with Crippen LogP contribution < -0.4 is 0 Å². The van der Waals surface area contributed by atoms with E-state index in [2.05, 4.69) is 6.08 Å². The second-order valence-corrected chi connectivity index (χ2v) is 4.40. The molecule has 0 unspecified atom stereocenters. The van der Waals surface area contributed by atoms with Crippen molar-refractivity contribution in [3.8, 4) is 0 Å². The lowest BCUT2D eigenvalue weighted by molar-refractivity contribution is 0.158. The van der Waals surface area contributed by atoms with Gasteiger partial charge in [-0.15, -0.1) is 11.6 Å². The molecule has 1 aliphatic rings. The number of ether oxygens (including phenoxy) is 2. The SMILES string of the molecule is COC1=C(OCc2ccccc2)CCC=C1CCl. The average molecular weight is 265 g/mol. The maximum absolute atomic E-state index is 5.90. The van der Waals surface area contributed by atoms with Gasteiger partial charge in [0.05, 0.1) is 13.0 Å². The fourth-order valence-corrected chi connectivity index (χ4v) is 2.24. The third-order valence-corrected chi connectivity index (χ3v) is 3.20. The van der Waals surface area contributed by atoms with Crippen molar-refractivity contribution in [3.05, 3.63) is 59.1 Å². The van der Waals surface area contributed by atoms with Crippen molar-refractivity contribution in [1.82, 2.24) is 0 Å². The predicted octanol–water partition coefficient (Wildman–Crippen LogP) is 4.02. The number of allylic oxidation sites excluding steroid dienone is 3. The lowest BCUT2D eigenvalue weighted by atomic mass is 10.0. The number of hydrogen-bond acceptors (Lipinski definition) is 2. The first-order valence-corrected chi connectivity index (χ1v) is 6.58. The molecule has 18 heavy (non-hydrogen) atoms. The van der Waals surface area contributed by atoms with Crippen molar-refractivity contribution in [3.63, 3.8) is 0 Å². The van der Waals surface area contributed by atoms with Crippen LogP contribution in [-0.2, 0) is 16.1 Å². The summed E-state index contributed by atoms with van der Waals surface area (Å²) in [5.41, 5.74) is 2.18. The molecule has 0 amide bonds. The molecular formula is C15H17ClO2. The fourth-order valence-electron chi connectivity index (χ4n) is 2.01. The summed E-state index contributed by atoms with van der Waals surface area (Å²) in [5.74, 6) is 2.16. The van der Waals surface area contributed by atoms with Crippen LogP contribution in [-0.4, -0.2) is 13.0 Å². The number of halogens is 1. The van der Waals surface area contributed by atoms with Gasteiger partial charge in [-0.1, -0.05) is 36.4 Å². The molecule has 0 aromatic heterocycles. The minimum Gasteiger partial charge on any atom is -0.493 e. The van der Waals surface area contributed by atoms with Crippen LogP contribution in [0.5, 0.6) is 0 Å². The molecule has 0 atom stereocenters. The Hall–Kier alpha value is -1.41. The van der Waals surface area contributed by atoms with E-state index in [-0.39, 0.29) is 0 Å². The van der Waals surface area contributed by atoms with Gasteiger partial charge in [0.15, 0.2) is 5.76 Å². The topological polar surface area (TPSA) is 18.5 Å². The first-order chi connectivity index (χ1) is 8.85. The maximum atomic E-state index is 5.90. The molecule has 0 aliphatic heterocycles. The molecule has 0 N–H and O–H groups in total. The summed E-state index contributed by atoms with van der Waals surface area (Å²) < 4.78 is 11.3. The zero-order valence-corrected chi connectivity index (χ0v) is 11.2. The third-order valence-electron chi connectivity index (χ3n) is 2.91. The lowest BCUT2D eigenvalue weighted by Gasteiger charge is -2.20. The molecule has 0 saturated heterocycles. The second-order valence-electron chi connectivity index (χ2n) is 4.13. The molecule has 2 rings (SSSR count). The quantitative estimate of drug-likeness (QED) is 0.748. The average Bonchev–Trinajstić information content (AvgIpc) is 2.45. The van der Waals surface area contributed by atoms with E-state index in [1.165, 1.54) is 0 Å². The molecule has 0 saturated carbocycles. The number of benzene rings is 1. The Morgan fingerprint density at radius 2 is 2.00 bits per heavy atom. The molecule has 0 spiro atoms. The van der Waals surface area contributed by atoms with E-state index in [4.69, 9.17) is 21.1 Å². The van der Waals surface area contributed by atoms with E-state index in [0.717, 1.165) is 35.5 Å². The van der Waals surface area contributed by atoms with Crippen LogP contribution in [0.15, 0.2) is 53.5 Å². The molecular weight excluding hydrogens is 248 g/mol. The molecule has 0 radical (unpaired) electrons. The molecule has 0 fully saturated rings. The first-order valence-electron chi connectivity index (χ1n) is 6.04. The van der Waals surface area contributed by atoms with E-state index in [1.807, 2.05) is 30.3 Å². The van der Waals surface area contributed by atoms with Gasteiger partial charge in [-0.2, -0.15) is 0 Å². The molecule has 96 valence electrons. The fraction of sp³-hybridized carbons (Fsp3) is 0.333. The predicted molar refractivity (Wildman–Crippen MR) is 73.3 cm³/mol. The van der Waals surface area contributed by atoms with Crippen LogP contribution >= 0.6 is 11.6 Å². The summed E-state index contributed by atoms with van der Waals surface area (Å²) in [6, 6.07) is 10.1. The van der Waals surface area contributed by atoms with Gasteiger partial charge in [-0.3, -0.25) is 0 Å². The van der Waals surface area contributed by atoms with Crippen LogP contribution in [0.2, 0.25) is 0 Å². The Morgan fingerprint density at radius 1 is 1.22 bits per heavy atom. The Kier molecular flexibility index (Phi) is 4.71. The van der Waals surface area contributed by atoms with Crippen molar-refractivity contribution < 1.29 is 9.47 Å². The van der Waals surface area contributed by atoms with Gasteiger partial charge in [-0.05, 0) is 12.0 Å². The largest absolute Gasteiger partial charge is 0.493 e. The molecule has 0 bridgehead atoms. The summed E-state index contributed by atoms with van der Waals surface area (Å²) in [4.78, 5) is 0. The Bertz CT molecular complexity index is 449. The van der Waals surface area contributed by atoms with E-state index in [1.54, 1.807) is 7.11 Å². The zero-order valence-electron chi connectivity index (χ0n) is 10.5. The number of rotatable bonds is 5. The molecule has 1 aliphatic carbocycles. The lowest BCUT2D eigenvalue weighted by Crippen LogP contribution is -2.07. The van der Waals surface area contributed by atoms with Gasteiger partial charge >= 0.3 is 0 Å². The highest BCUT2D eigenvalue weighted by atomic mass is 35.5. The van der Waals surface area contributed by atoms with E-state index in [9.17, 15) is 0 Å². The van der Waals surface area contributed by atoms with Gasteiger partial charge in [0.2, 0.25) is 0 Å². The number of alkyl halides is 1. The van der Waals surface area contributed by atoms with Crippen molar-refractivity contribution in [2.75, 3.05) is 13.0 Å². The molecule has 2 nitrogen and oxygen atoms in total. The summed E-state index contributed by atoms with van der Waals surface area (Å²) in [6.07, 6.45) is 3.94. The summed E-state index contributed by atoms with van der Waals surface area (Å²) in [6.45, 7) is 0.568. The Balaban J connectivity index is 2.07. The number of methoxy groups -OCH3 is 1. The maximum Gasteiger partial charge on any atom is 0.160 e. The highest BCUT2D eigenvalue weighted by Crippen LogP contribution is 2.28. The minimum atomic E-state index is 0.460. The second kappa shape index (κ2) is 6.50. The summed E-state index contributed by atoms with van der Waals surface area (Å²) in [5, 5.41) is 0. The van der Waals surface area contributed by atoms with Crippen molar-refractivity contribution in [2.45, 2.75) is 19.4 Å².